The van der Waals surface area contributed by atoms with Gasteiger partial charge in [-0.3, -0.25) is 9.59 Å². The third-order valence-electron chi connectivity index (χ3n) is 4.73. The molecule has 2 aromatic heterocycles. The van der Waals surface area contributed by atoms with Gasteiger partial charge >= 0.3 is 0 Å². The summed E-state index contributed by atoms with van der Waals surface area (Å²) in [6.07, 6.45) is 3.06. The van der Waals surface area contributed by atoms with Crippen molar-refractivity contribution in [1.29, 1.82) is 5.26 Å². The molecule has 1 unspecified atom stereocenters. The third-order valence-corrected chi connectivity index (χ3v) is 4.73. The van der Waals surface area contributed by atoms with Gasteiger partial charge in [0, 0.05) is 17.6 Å². The van der Waals surface area contributed by atoms with Crippen LogP contribution in [-0.4, -0.2) is 20.7 Å². The highest BCUT2D eigenvalue weighted by molar-refractivity contribution is 6.06. The van der Waals surface area contributed by atoms with Crippen LogP contribution < -0.4 is 10.9 Å². The first kappa shape index (κ1) is 19.1. The van der Waals surface area contributed by atoms with Gasteiger partial charge in [0.15, 0.2) is 0 Å². The smallest absolute Gasteiger partial charge is 0.252 e. The predicted octanol–water partition coefficient (Wildman–Crippen LogP) is 3.24. The number of hydrogen-bond acceptors (Lipinski definition) is 4. The normalized spacial score (nSPS) is 11.7. The van der Waals surface area contributed by atoms with Crippen LogP contribution in [0, 0.1) is 17.1 Å². The van der Waals surface area contributed by atoms with Crippen molar-refractivity contribution in [2.24, 2.45) is 0 Å². The minimum Gasteiger partial charge on any atom is -0.344 e. The highest BCUT2D eigenvalue weighted by atomic mass is 19.1. The van der Waals surface area contributed by atoms with Gasteiger partial charge in [0.05, 0.1) is 41.5 Å². The summed E-state index contributed by atoms with van der Waals surface area (Å²) in [4.78, 5) is 27.1. The Morgan fingerprint density at radius 2 is 2.03 bits per heavy atom. The lowest BCUT2D eigenvalue weighted by molar-refractivity contribution is 0.0939. The summed E-state index contributed by atoms with van der Waals surface area (Å²) in [5, 5.41) is 16.9. The Labute approximate surface area is 170 Å². The van der Waals surface area contributed by atoms with Gasteiger partial charge in [-0.1, -0.05) is 6.07 Å². The molecule has 0 spiro atoms. The molecule has 2 heterocycles. The van der Waals surface area contributed by atoms with Gasteiger partial charge < -0.3 is 10.3 Å². The third kappa shape index (κ3) is 3.69. The summed E-state index contributed by atoms with van der Waals surface area (Å²) < 4.78 is 14.9. The first-order valence-corrected chi connectivity index (χ1v) is 9.16. The molecule has 7 nitrogen and oxygen atoms in total. The maximum absolute atomic E-state index is 13.2. The Morgan fingerprint density at radius 1 is 1.23 bits per heavy atom. The Hall–Kier alpha value is -4.25. The maximum Gasteiger partial charge on any atom is 0.252 e. The van der Waals surface area contributed by atoms with Gasteiger partial charge in [-0.05, 0) is 48.0 Å². The zero-order chi connectivity index (χ0) is 21.1. The van der Waals surface area contributed by atoms with Crippen molar-refractivity contribution in [2.75, 3.05) is 0 Å². The van der Waals surface area contributed by atoms with Crippen molar-refractivity contribution >= 4 is 16.8 Å². The Balaban J connectivity index is 1.68. The molecule has 2 aromatic carbocycles. The van der Waals surface area contributed by atoms with Crippen LogP contribution in [0.4, 0.5) is 4.39 Å². The van der Waals surface area contributed by atoms with Crippen molar-refractivity contribution in [3.63, 3.8) is 0 Å². The number of halogens is 1. The van der Waals surface area contributed by atoms with E-state index in [9.17, 15) is 14.0 Å². The van der Waals surface area contributed by atoms with E-state index in [4.69, 9.17) is 5.26 Å². The SMILES string of the molecule is N#CCC(NC(=O)c1cccc2c1cnn2-c1ccc(F)cc1)c1cc[nH]c(=O)c1. The number of pyridine rings is 1. The molecule has 0 aliphatic heterocycles. The number of aromatic nitrogens is 3. The summed E-state index contributed by atoms with van der Waals surface area (Å²) in [6, 6.07) is 15.5. The van der Waals surface area contributed by atoms with Crippen LogP contribution >= 0.6 is 0 Å². The second-order valence-electron chi connectivity index (χ2n) is 6.65. The second-order valence-corrected chi connectivity index (χ2v) is 6.65. The maximum atomic E-state index is 13.2. The number of benzene rings is 2. The number of nitrogens with zero attached hydrogens (tertiary/aromatic N) is 3. The van der Waals surface area contributed by atoms with E-state index in [0.717, 1.165) is 0 Å². The van der Waals surface area contributed by atoms with Crippen LogP contribution in [0.3, 0.4) is 0 Å². The van der Waals surface area contributed by atoms with Gasteiger partial charge in [0.2, 0.25) is 5.56 Å². The molecule has 8 heteroatoms. The van der Waals surface area contributed by atoms with E-state index < -0.39 is 6.04 Å². The highest BCUT2D eigenvalue weighted by Gasteiger charge is 2.19. The van der Waals surface area contributed by atoms with E-state index in [2.05, 4.69) is 15.4 Å². The largest absolute Gasteiger partial charge is 0.344 e. The number of hydrogen-bond donors (Lipinski definition) is 2. The molecule has 0 aliphatic rings. The molecule has 4 rings (SSSR count). The van der Waals surface area contributed by atoms with Crippen molar-refractivity contribution in [3.05, 3.63) is 94.3 Å². The Morgan fingerprint density at radius 3 is 2.77 bits per heavy atom. The number of nitrogens with one attached hydrogen (secondary N) is 2. The molecular weight excluding hydrogens is 385 g/mol. The molecule has 30 heavy (non-hydrogen) atoms. The zero-order valence-corrected chi connectivity index (χ0v) is 15.7. The molecule has 4 aromatic rings. The van der Waals surface area contributed by atoms with Crippen LogP contribution in [0.1, 0.15) is 28.4 Å². The zero-order valence-electron chi connectivity index (χ0n) is 15.7. The molecule has 0 saturated heterocycles. The number of carbonyl (C=O) groups is 1. The van der Waals surface area contributed by atoms with Gasteiger partial charge in [-0.25, -0.2) is 9.07 Å². The fraction of sp³-hybridized carbons (Fsp3) is 0.0909. The Bertz CT molecular complexity index is 1320. The van der Waals surface area contributed by atoms with E-state index in [1.54, 1.807) is 41.2 Å². The lowest BCUT2D eigenvalue weighted by Crippen LogP contribution is -2.29. The standard InChI is InChI=1S/C22H16FN5O2/c23-15-4-6-16(7-5-15)28-20-3-1-2-17(18(20)13-26-28)22(30)27-19(8-10-24)14-9-11-25-21(29)12-14/h1-7,9,11-13,19H,8H2,(H,25,29)(H,27,30). The minimum absolute atomic E-state index is 0.0139. The molecule has 1 amide bonds. The number of fused-ring (bicyclic) bond motifs is 1. The summed E-state index contributed by atoms with van der Waals surface area (Å²) >= 11 is 0. The molecule has 0 bridgehead atoms. The molecule has 1 atom stereocenters. The van der Waals surface area contributed by atoms with Gasteiger partial charge in [-0.15, -0.1) is 0 Å². The van der Waals surface area contributed by atoms with Gasteiger partial charge in [0.25, 0.3) is 5.91 Å². The highest BCUT2D eigenvalue weighted by Crippen LogP contribution is 2.23. The van der Waals surface area contributed by atoms with Crippen LogP contribution in [-0.2, 0) is 0 Å². The second kappa shape index (κ2) is 8.01. The monoisotopic (exact) mass is 401 g/mol. The quantitative estimate of drug-likeness (QED) is 0.536. The number of amides is 1. The van der Waals surface area contributed by atoms with Gasteiger partial charge in [0.1, 0.15) is 5.82 Å². The minimum atomic E-state index is -0.632. The first-order valence-electron chi connectivity index (χ1n) is 9.16. The molecule has 2 N–H and O–H groups in total. The van der Waals surface area contributed by atoms with E-state index in [0.29, 0.717) is 27.7 Å². The average Bonchev–Trinajstić information content (AvgIpc) is 3.18. The van der Waals surface area contributed by atoms with Crippen LogP contribution in [0.15, 0.2) is 71.8 Å². The van der Waals surface area contributed by atoms with E-state index in [1.807, 2.05) is 12.1 Å². The summed E-state index contributed by atoms with van der Waals surface area (Å²) in [7, 11) is 0. The van der Waals surface area contributed by atoms with E-state index in [-0.39, 0.29) is 23.7 Å². The van der Waals surface area contributed by atoms with Crippen LogP contribution in [0.5, 0.6) is 0 Å². The molecular formula is C22H16FN5O2. The molecule has 0 saturated carbocycles. The van der Waals surface area contributed by atoms with E-state index >= 15 is 0 Å². The number of nitriles is 1. The average molecular weight is 401 g/mol. The Kier molecular flexibility index (Phi) is 5.09. The topological polar surface area (TPSA) is 104 Å². The fourth-order valence-corrected chi connectivity index (χ4v) is 3.29. The first-order chi connectivity index (χ1) is 14.6. The summed E-state index contributed by atoms with van der Waals surface area (Å²) in [6.45, 7) is 0. The van der Waals surface area contributed by atoms with Crippen molar-refractivity contribution in [2.45, 2.75) is 12.5 Å². The lowest BCUT2D eigenvalue weighted by atomic mass is 10.0. The predicted molar refractivity (Wildman–Crippen MR) is 109 cm³/mol. The summed E-state index contributed by atoms with van der Waals surface area (Å²) in [5.41, 5.74) is 1.96. The number of H-pyrrole nitrogens is 1. The van der Waals surface area contributed by atoms with Crippen LogP contribution in [0.25, 0.3) is 16.6 Å². The van der Waals surface area contributed by atoms with Crippen molar-refractivity contribution in [3.8, 4) is 11.8 Å². The lowest BCUT2D eigenvalue weighted by Gasteiger charge is -2.16. The van der Waals surface area contributed by atoms with Gasteiger partial charge in [-0.2, -0.15) is 10.4 Å². The molecule has 0 aliphatic carbocycles. The number of carbonyl (C=O) groups excluding carboxylic acids is 1. The number of aromatic amines is 1. The van der Waals surface area contributed by atoms with Crippen molar-refractivity contribution in [1.82, 2.24) is 20.1 Å². The molecule has 0 fully saturated rings. The van der Waals surface area contributed by atoms with Crippen molar-refractivity contribution < 1.29 is 9.18 Å². The molecule has 148 valence electrons. The molecule has 0 radical (unpaired) electrons. The summed E-state index contributed by atoms with van der Waals surface area (Å²) in [5.74, 6) is -0.738. The van der Waals surface area contributed by atoms with Crippen LogP contribution in [0.2, 0.25) is 0 Å². The fourth-order valence-electron chi connectivity index (χ4n) is 3.29. The van der Waals surface area contributed by atoms with E-state index in [1.165, 1.54) is 24.4 Å². The number of rotatable bonds is 5.